The summed E-state index contributed by atoms with van der Waals surface area (Å²) in [5, 5.41) is 3.55. The normalized spacial score (nSPS) is 29.8. The highest BCUT2D eigenvalue weighted by molar-refractivity contribution is 4.75. The van der Waals surface area contributed by atoms with Crippen molar-refractivity contribution in [2.45, 2.75) is 71.9 Å². The van der Waals surface area contributed by atoms with E-state index in [1.807, 2.05) is 0 Å². The average molecular weight is 241 g/mol. The van der Waals surface area contributed by atoms with Gasteiger partial charge in [0.2, 0.25) is 0 Å². The molecule has 0 aliphatic heterocycles. The largest absolute Gasteiger partial charge is 0.377 e. The minimum atomic E-state index is 0.518. The van der Waals surface area contributed by atoms with Gasteiger partial charge >= 0.3 is 0 Å². The van der Waals surface area contributed by atoms with E-state index in [-0.39, 0.29) is 0 Å². The molecule has 1 aliphatic rings. The molecular weight excluding hydrogens is 210 g/mol. The fraction of sp³-hybridized carbons (Fsp3) is 1.00. The topological polar surface area (TPSA) is 21.3 Å². The van der Waals surface area contributed by atoms with Crippen molar-refractivity contribution in [1.29, 1.82) is 0 Å². The molecule has 3 unspecified atom stereocenters. The van der Waals surface area contributed by atoms with E-state index in [4.69, 9.17) is 4.74 Å². The summed E-state index contributed by atoms with van der Waals surface area (Å²) in [5.74, 6) is 1.72. The zero-order valence-electron chi connectivity index (χ0n) is 12.2. The molecule has 0 spiro atoms. The highest BCUT2D eigenvalue weighted by Gasteiger charge is 2.24. The molecule has 0 aromatic carbocycles. The van der Waals surface area contributed by atoms with Gasteiger partial charge in [-0.15, -0.1) is 0 Å². The number of hydrogen-bond acceptors (Lipinski definition) is 2. The van der Waals surface area contributed by atoms with Gasteiger partial charge in [0, 0.05) is 12.6 Å². The third-order valence-corrected chi connectivity index (χ3v) is 4.42. The van der Waals surface area contributed by atoms with E-state index in [1.54, 1.807) is 0 Å². The predicted octanol–water partition coefficient (Wildman–Crippen LogP) is 3.61. The Hall–Kier alpha value is -0.0800. The Labute approximate surface area is 108 Å². The van der Waals surface area contributed by atoms with Gasteiger partial charge in [-0.3, -0.25) is 0 Å². The lowest BCUT2D eigenvalue weighted by Crippen LogP contribution is -2.33. The van der Waals surface area contributed by atoms with Gasteiger partial charge in [-0.2, -0.15) is 0 Å². The van der Waals surface area contributed by atoms with Gasteiger partial charge in [0.25, 0.3) is 0 Å². The molecule has 1 N–H and O–H groups in total. The van der Waals surface area contributed by atoms with Crippen LogP contribution in [0.2, 0.25) is 0 Å². The van der Waals surface area contributed by atoms with Crippen molar-refractivity contribution in [2.24, 2.45) is 11.8 Å². The smallest absolute Gasteiger partial charge is 0.0594 e. The molecule has 1 aliphatic carbocycles. The summed E-state index contributed by atoms with van der Waals surface area (Å²) in [6, 6.07) is 0.670. The highest BCUT2D eigenvalue weighted by Crippen LogP contribution is 2.30. The molecule has 17 heavy (non-hydrogen) atoms. The minimum Gasteiger partial charge on any atom is -0.377 e. The van der Waals surface area contributed by atoms with E-state index in [0.717, 1.165) is 25.0 Å². The summed E-state index contributed by atoms with van der Waals surface area (Å²) in [6.07, 6.45) is 6.81. The van der Waals surface area contributed by atoms with E-state index in [2.05, 4.69) is 33.0 Å². The van der Waals surface area contributed by atoms with Crippen LogP contribution in [-0.2, 0) is 4.74 Å². The maximum absolute atomic E-state index is 5.98. The van der Waals surface area contributed by atoms with Crippen LogP contribution in [0.15, 0.2) is 0 Å². The molecule has 0 aromatic rings. The molecular formula is C15H31NO. The second-order valence-corrected chi connectivity index (χ2v) is 5.73. The van der Waals surface area contributed by atoms with Gasteiger partial charge in [-0.1, -0.05) is 27.7 Å². The van der Waals surface area contributed by atoms with Crippen molar-refractivity contribution in [3.63, 3.8) is 0 Å². The number of rotatable bonds is 7. The van der Waals surface area contributed by atoms with E-state index < -0.39 is 0 Å². The Balaban J connectivity index is 2.07. The molecule has 0 heterocycles. The molecule has 0 amide bonds. The Morgan fingerprint density at radius 3 is 2.41 bits per heavy atom. The highest BCUT2D eigenvalue weighted by atomic mass is 16.5. The van der Waals surface area contributed by atoms with Crippen LogP contribution in [0.1, 0.15) is 59.8 Å². The average Bonchev–Trinajstić information content (AvgIpc) is 2.34. The Bertz CT molecular complexity index is 191. The SMILES string of the molecule is CCC(CC)NCCOC1CCC(C)C(C)C1. The lowest BCUT2D eigenvalue weighted by molar-refractivity contribution is 0.00356. The molecule has 1 rings (SSSR count). The number of hydrogen-bond donors (Lipinski definition) is 1. The quantitative estimate of drug-likeness (QED) is 0.688. The molecule has 1 fully saturated rings. The summed E-state index contributed by atoms with van der Waals surface area (Å²) in [6.45, 7) is 11.1. The summed E-state index contributed by atoms with van der Waals surface area (Å²) in [7, 11) is 0. The molecule has 102 valence electrons. The summed E-state index contributed by atoms with van der Waals surface area (Å²) < 4.78 is 5.98. The Morgan fingerprint density at radius 1 is 1.12 bits per heavy atom. The summed E-state index contributed by atoms with van der Waals surface area (Å²) >= 11 is 0. The molecule has 2 heteroatoms. The van der Waals surface area contributed by atoms with Crippen molar-refractivity contribution in [3.8, 4) is 0 Å². The van der Waals surface area contributed by atoms with E-state index in [9.17, 15) is 0 Å². The first-order valence-electron chi connectivity index (χ1n) is 7.52. The number of nitrogens with one attached hydrogen (secondary N) is 1. The maximum Gasteiger partial charge on any atom is 0.0594 e. The first-order chi connectivity index (χ1) is 8.17. The Kier molecular flexibility index (Phi) is 7.14. The lowest BCUT2D eigenvalue weighted by atomic mass is 9.80. The lowest BCUT2D eigenvalue weighted by Gasteiger charge is -2.32. The van der Waals surface area contributed by atoms with Gasteiger partial charge in [0.1, 0.15) is 0 Å². The van der Waals surface area contributed by atoms with Crippen molar-refractivity contribution in [1.82, 2.24) is 5.32 Å². The van der Waals surface area contributed by atoms with Gasteiger partial charge in [0.05, 0.1) is 12.7 Å². The fourth-order valence-corrected chi connectivity index (χ4v) is 2.72. The fourth-order valence-electron chi connectivity index (χ4n) is 2.72. The van der Waals surface area contributed by atoms with E-state index in [0.29, 0.717) is 12.1 Å². The van der Waals surface area contributed by atoms with Crippen molar-refractivity contribution in [3.05, 3.63) is 0 Å². The van der Waals surface area contributed by atoms with E-state index in [1.165, 1.54) is 32.1 Å². The van der Waals surface area contributed by atoms with Crippen LogP contribution in [-0.4, -0.2) is 25.3 Å². The van der Waals surface area contributed by atoms with Crippen molar-refractivity contribution in [2.75, 3.05) is 13.2 Å². The zero-order chi connectivity index (χ0) is 12.7. The van der Waals surface area contributed by atoms with Crippen molar-refractivity contribution >= 4 is 0 Å². The second kappa shape index (κ2) is 8.10. The third kappa shape index (κ3) is 5.39. The van der Waals surface area contributed by atoms with Crippen LogP contribution in [0.25, 0.3) is 0 Å². The van der Waals surface area contributed by atoms with Gasteiger partial charge < -0.3 is 10.1 Å². The van der Waals surface area contributed by atoms with Crippen LogP contribution in [0.3, 0.4) is 0 Å². The van der Waals surface area contributed by atoms with Crippen LogP contribution >= 0.6 is 0 Å². The monoisotopic (exact) mass is 241 g/mol. The van der Waals surface area contributed by atoms with Gasteiger partial charge in [-0.05, 0) is 43.9 Å². The van der Waals surface area contributed by atoms with Crippen molar-refractivity contribution < 1.29 is 4.74 Å². The molecule has 0 bridgehead atoms. The number of ether oxygens (including phenoxy) is 1. The first-order valence-corrected chi connectivity index (χ1v) is 7.52. The van der Waals surface area contributed by atoms with Crippen LogP contribution in [0.4, 0.5) is 0 Å². The second-order valence-electron chi connectivity index (χ2n) is 5.73. The maximum atomic E-state index is 5.98. The van der Waals surface area contributed by atoms with Gasteiger partial charge in [0.15, 0.2) is 0 Å². The molecule has 2 nitrogen and oxygen atoms in total. The molecule has 0 saturated heterocycles. The van der Waals surface area contributed by atoms with E-state index >= 15 is 0 Å². The minimum absolute atomic E-state index is 0.518. The first kappa shape index (κ1) is 15.0. The molecule has 0 aromatic heterocycles. The summed E-state index contributed by atoms with van der Waals surface area (Å²) in [5.41, 5.74) is 0. The summed E-state index contributed by atoms with van der Waals surface area (Å²) in [4.78, 5) is 0. The van der Waals surface area contributed by atoms with Crippen LogP contribution in [0.5, 0.6) is 0 Å². The van der Waals surface area contributed by atoms with Gasteiger partial charge in [-0.25, -0.2) is 0 Å². The molecule has 0 radical (unpaired) electrons. The predicted molar refractivity (Wildman–Crippen MR) is 74.3 cm³/mol. The molecule has 3 atom stereocenters. The van der Waals surface area contributed by atoms with Crippen LogP contribution in [0, 0.1) is 11.8 Å². The third-order valence-electron chi connectivity index (χ3n) is 4.42. The van der Waals surface area contributed by atoms with Crippen LogP contribution < -0.4 is 5.32 Å². The Morgan fingerprint density at radius 2 is 1.82 bits per heavy atom. The zero-order valence-corrected chi connectivity index (χ0v) is 12.2. The molecule has 1 saturated carbocycles. The standard InChI is InChI=1S/C15H31NO/c1-5-14(6-2)16-9-10-17-15-8-7-12(3)13(4)11-15/h12-16H,5-11H2,1-4H3.